The first-order valence-corrected chi connectivity index (χ1v) is 14.7. The topological polar surface area (TPSA) is 117 Å². The Morgan fingerprint density at radius 3 is 2.52 bits per heavy atom. The third kappa shape index (κ3) is 8.13. The lowest BCUT2D eigenvalue weighted by atomic mass is 10.0. The Morgan fingerprint density at radius 1 is 1.14 bits per heavy atom. The van der Waals surface area contributed by atoms with E-state index in [0.717, 1.165) is 43.4 Å². The number of benzene rings is 2. The van der Waals surface area contributed by atoms with Crippen LogP contribution < -0.4 is 15.0 Å². The minimum Gasteiger partial charge on any atom is -0.495 e. The number of anilines is 1. The Kier molecular flexibility index (Phi) is 10.6. The third-order valence-corrected chi connectivity index (χ3v) is 7.38. The third-order valence-electron chi connectivity index (χ3n) is 7.38. The average molecular weight is 600 g/mol. The van der Waals surface area contributed by atoms with Gasteiger partial charge in [-0.1, -0.05) is 30.8 Å². The first-order valence-electron chi connectivity index (χ1n) is 14.7. The Labute approximate surface area is 259 Å². The zero-order valence-corrected chi connectivity index (χ0v) is 26.2. The maximum atomic E-state index is 13.5. The van der Waals surface area contributed by atoms with Crippen molar-refractivity contribution in [2.45, 2.75) is 45.3 Å². The number of aromatic nitrogens is 1. The Balaban J connectivity index is 1.66. The number of rotatable bonds is 10. The van der Waals surface area contributed by atoms with Gasteiger partial charge in [-0.15, -0.1) is 0 Å². The van der Waals surface area contributed by atoms with E-state index in [1.54, 1.807) is 40.0 Å². The Morgan fingerprint density at radius 2 is 1.86 bits per heavy atom. The number of pyridine rings is 1. The summed E-state index contributed by atoms with van der Waals surface area (Å²) in [7, 11) is 3.22. The highest BCUT2D eigenvalue weighted by molar-refractivity contribution is 6.06. The van der Waals surface area contributed by atoms with Crippen LogP contribution in [0.15, 0.2) is 60.7 Å². The summed E-state index contributed by atoms with van der Waals surface area (Å²) in [6, 6.07) is 16.9. The van der Waals surface area contributed by atoms with Gasteiger partial charge in [0.05, 0.1) is 37.7 Å². The highest BCUT2D eigenvalue weighted by Gasteiger charge is 2.28. The summed E-state index contributed by atoms with van der Waals surface area (Å²) in [4.78, 5) is 35.1. The normalized spacial score (nSPS) is 14.1. The number of hydrogen-bond donors (Lipinski definition) is 1. The van der Waals surface area contributed by atoms with Crippen molar-refractivity contribution in [1.29, 1.82) is 5.26 Å². The predicted molar refractivity (Wildman–Crippen MR) is 171 cm³/mol. The van der Waals surface area contributed by atoms with Crippen molar-refractivity contribution in [3.8, 4) is 23.1 Å². The average Bonchev–Trinajstić information content (AvgIpc) is 3.01. The number of methoxy groups -OCH3 is 2. The second-order valence-electron chi connectivity index (χ2n) is 11.8. The standard InChI is InChI=1S/C34H41N5O5/c1-23(21-35)22-39(33(41)44-34(2,3)4)31-27-20-25(11-10-24(27)12-13-30(31)43-6)28-8-7-9-29(37-28)32(40)36-26-14-16-38(17-15-26)18-19-42-5/h7-13,20,26H,1,14-19,22H2,2-6H3,(H,36,40). The first-order chi connectivity index (χ1) is 21.0. The summed E-state index contributed by atoms with van der Waals surface area (Å²) in [6.45, 7) is 12.5. The van der Waals surface area contributed by atoms with Crippen LogP contribution in [-0.4, -0.2) is 80.5 Å². The van der Waals surface area contributed by atoms with Gasteiger partial charge in [-0.05, 0) is 63.3 Å². The van der Waals surface area contributed by atoms with Crippen LogP contribution >= 0.6 is 0 Å². The fourth-order valence-corrected chi connectivity index (χ4v) is 5.17. The van der Waals surface area contributed by atoms with E-state index in [9.17, 15) is 14.9 Å². The zero-order chi connectivity index (χ0) is 31.9. The molecule has 10 heteroatoms. The molecule has 1 aliphatic rings. The van der Waals surface area contributed by atoms with Crippen molar-refractivity contribution in [2.24, 2.45) is 0 Å². The monoisotopic (exact) mass is 599 g/mol. The lowest BCUT2D eigenvalue weighted by Crippen LogP contribution is -2.45. The Hall–Kier alpha value is -4.46. The van der Waals surface area contributed by atoms with E-state index >= 15 is 0 Å². The molecule has 2 aromatic carbocycles. The van der Waals surface area contributed by atoms with Crippen molar-refractivity contribution in [3.05, 3.63) is 66.4 Å². The van der Waals surface area contributed by atoms with Gasteiger partial charge < -0.3 is 24.4 Å². The molecule has 0 aliphatic carbocycles. The number of amides is 2. The molecule has 0 spiro atoms. The second kappa shape index (κ2) is 14.3. The molecule has 2 heterocycles. The summed E-state index contributed by atoms with van der Waals surface area (Å²) < 4.78 is 16.6. The highest BCUT2D eigenvalue weighted by Crippen LogP contribution is 2.39. The molecular formula is C34H41N5O5. The number of nitriles is 1. The lowest BCUT2D eigenvalue weighted by Gasteiger charge is -2.32. The fourth-order valence-electron chi connectivity index (χ4n) is 5.17. The van der Waals surface area contributed by atoms with Crippen molar-refractivity contribution in [2.75, 3.05) is 51.9 Å². The van der Waals surface area contributed by atoms with Crippen LogP contribution in [0.4, 0.5) is 10.5 Å². The number of nitrogens with one attached hydrogen (secondary N) is 1. The molecule has 0 unspecified atom stereocenters. The number of hydrogen-bond acceptors (Lipinski definition) is 8. The summed E-state index contributed by atoms with van der Waals surface area (Å²) >= 11 is 0. The van der Waals surface area contributed by atoms with E-state index < -0.39 is 11.7 Å². The van der Waals surface area contributed by atoms with Crippen LogP contribution in [0.1, 0.15) is 44.1 Å². The van der Waals surface area contributed by atoms with Crippen LogP contribution in [0.2, 0.25) is 0 Å². The van der Waals surface area contributed by atoms with Crippen molar-refractivity contribution < 1.29 is 23.8 Å². The van der Waals surface area contributed by atoms with E-state index in [0.29, 0.717) is 34.8 Å². The van der Waals surface area contributed by atoms with Crippen molar-refractivity contribution in [1.82, 2.24) is 15.2 Å². The number of likely N-dealkylation sites (tertiary alicyclic amines) is 1. The van der Waals surface area contributed by atoms with Crippen LogP contribution in [-0.2, 0) is 9.47 Å². The highest BCUT2D eigenvalue weighted by atomic mass is 16.6. The molecule has 2 amide bonds. The molecule has 44 heavy (non-hydrogen) atoms. The maximum absolute atomic E-state index is 13.5. The van der Waals surface area contributed by atoms with E-state index in [1.165, 1.54) is 12.0 Å². The van der Waals surface area contributed by atoms with E-state index in [2.05, 4.69) is 16.8 Å². The largest absolute Gasteiger partial charge is 0.495 e. The van der Waals surface area contributed by atoms with Gasteiger partial charge in [0.15, 0.2) is 0 Å². The SMILES string of the molecule is C=C(C#N)CN(C(=O)OC(C)(C)C)c1c(OC)ccc2ccc(-c3cccc(C(=O)NC4CCN(CCOC)CC4)n3)cc12. The number of fused-ring (bicyclic) bond motifs is 1. The summed E-state index contributed by atoms with van der Waals surface area (Å²) in [5, 5.41) is 14.2. The van der Waals surface area contributed by atoms with Gasteiger partial charge in [0.1, 0.15) is 17.0 Å². The van der Waals surface area contributed by atoms with Gasteiger partial charge in [-0.2, -0.15) is 5.26 Å². The number of ether oxygens (including phenoxy) is 3. The van der Waals surface area contributed by atoms with Crippen LogP contribution in [0.3, 0.4) is 0 Å². The summed E-state index contributed by atoms with van der Waals surface area (Å²) in [5.74, 6) is 0.220. The van der Waals surface area contributed by atoms with Gasteiger partial charge in [0.25, 0.3) is 5.91 Å². The maximum Gasteiger partial charge on any atom is 0.415 e. The van der Waals surface area contributed by atoms with Crippen LogP contribution in [0, 0.1) is 11.3 Å². The molecule has 0 saturated carbocycles. The van der Waals surface area contributed by atoms with Gasteiger partial charge >= 0.3 is 6.09 Å². The number of nitrogens with zero attached hydrogens (tertiary/aromatic N) is 4. The minimum absolute atomic E-state index is 0.0790. The van der Waals surface area contributed by atoms with Gasteiger partial charge in [-0.3, -0.25) is 9.69 Å². The van der Waals surface area contributed by atoms with Crippen LogP contribution in [0.25, 0.3) is 22.0 Å². The van der Waals surface area contributed by atoms with Gasteiger partial charge in [0, 0.05) is 49.3 Å². The van der Waals surface area contributed by atoms with Gasteiger partial charge in [0.2, 0.25) is 0 Å². The molecule has 1 fully saturated rings. The molecular weight excluding hydrogens is 558 g/mol. The second-order valence-corrected chi connectivity index (χ2v) is 11.8. The van der Waals surface area contributed by atoms with E-state index in [4.69, 9.17) is 19.2 Å². The molecule has 1 saturated heterocycles. The summed E-state index contributed by atoms with van der Waals surface area (Å²) in [5.41, 5.74) is 1.55. The molecule has 4 rings (SSSR count). The van der Waals surface area contributed by atoms with E-state index in [-0.39, 0.29) is 24.1 Å². The predicted octanol–water partition coefficient (Wildman–Crippen LogP) is 5.57. The molecule has 0 radical (unpaired) electrons. The molecule has 232 valence electrons. The molecule has 3 aromatic rings. The molecule has 1 aliphatic heterocycles. The van der Waals surface area contributed by atoms with Gasteiger partial charge in [-0.25, -0.2) is 9.78 Å². The molecule has 0 atom stereocenters. The van der Waals surface area contributed by atoms with Crippen molar-refractivity contribution in [3.63, 3.8) is 0 Å². The smallest absolute Gasteiger partial charge is 0.415 e. The minimum atomic E-state index is -0.766. The molecule has 0 bridgehead atoms. The van der Waals surface area contributed by atoms with Crippen LogP contribution in [0.5, 0.6) is 5.75 Å². The Bertz CT molecular complexity index is 1550. The molecule has 10 nitrogen and oxygen atoms in total. The molecule has 1 aromatic heterocycles. The number of piperidine rings is 1. The van der Waals surface area contributed by atoms with E-state index in [1.807, 2.05) is 42.5 Å². The quantitative estimate of drug-likeness (QED) is 0.301. The number of carbonyl (C=O) groups is 2. The summed E-state index contributed by atoms with van der Waals surface area (Å²) in [6.07, 6.45) is 1.11. The molecule has 1 N–H and O–H groups in total. The first kappa shape index (κ1) is 32.5. The lowest BCUT2D eigenvalue weighted by molar-refractivity contribution is 0.0583. The zero-order valence-electron chi connectivity index (χ0n) is 26.2. The fraction of sp³-hybridized carbons (Fsp3) is 0.412. The van der Waals surface area contributed by atoms with Crippen molar-refractivity contribution >= 4 is 28.5 Å². The number of carbonyl (C=O) groups excluding carboxylic acids is 2.